The third-order valence-electron chi connectivity index (χ3n) is 2.60. The van der Waals surface area contributed by atoms with Gasteiger partial charge in [-0.05, 0) is 47.8 Å². The molecule has 1 aromatic rings. The molecular weight excluding hydrogens is 274 g/mol. The Morgan fingerprint density at radius 1 is 1.60 bits per heavy atom. The van der Waals surface area contributed by atoms with Crippen LogP contribution < -0.4 is 0 Å². The van der Waals surface area contributed by atoms with Crippen LogP contribution in [0.15, 0.2) is 21.8 Å². The van der Waals surface area contributed by atoms with Crippen LogP contribution in [0.3, 0.4) is 0 Å². The summed E-state index contributed by atoms with van der Waals surface area (Å²) in [4.78, 5) is 4.40. The van der Waals surface area contributed by atoms with Gasteiger partial charge in [0, 0.05) is 22.5 Å². The first-order valence-electron chi connectivity index (χ1n) is 5.07. The summed E-state index contributed by atoms with van der Waals surface area (Å²) in [7, 11) is 0. The first-order chi connectivity index (χ1) is 7.16. The fraction of sp³-hybridized carbons (Fsp3) is 0.545. The predicted octanol–water partition coefficient (Wildman–Crippen LogP) is 3.42. The first-order valence-corrected chi connectivity index (χ1v) is 6.74. The van der Waals surface area contributed by atoms with E-state index < -0.39 is 0 Å². The minimum absolute atomic E-state index is 0.348. The molecule has 0 bridgehead atoms. The minimum Gasteiger partial charge on any atom is -0.377 e. The van der Waals surface area contributed by atoms with E-state index in [1.165, 1.54) is 5.56 Å². The Bertz CT molecular complexity index is 358. The Balaban J connectivity index is 2.07. The van der Waals surface area contributed by atoms with E-state index in [4.69, 9.17) is 4.74 Å². The van der Waals surface area contributed by atoms with Crippen LogP contribution in [-0.4, -0.2) is 22.9 Å². The van der Waals surface area contributed by atoms with Gasteiger partial charge in [-0.1, -0.05) is 0 Å². The molecule has 0 aliphatic carbocycles. The molecule has 4 heteroatoms. The third kappa shape index (κ3) is 2.74. The number of hydrogen-bond acceptors (Lipinski definition) is 3. The molecule has 1 aromatic heterocycles. The Kier molecular flexibility index (Phi) is 3.69. The number of rotatable bonds is 2. The quantitative estimate of drug-likeness (QED) is 0.832. The highest BCUT2D eigenvalue weighted by atomic mass is 79.9. The van der Waals surface area contributed by atoms with Crippen LogP contribution in [0.5, 0.6) is 0 Å². The molecule has 1 fully saturated rings. The molecular formula is C11H14BrNOS. The molecule has 2 atom stereocenters. The van der Waals surface area contributed by atoms with Gasteiger partial charge in [-0.25, -0.2) is 4.98 Å². The summed E-state index contributed by atoms with van der Waals surface area (Å²) in [6.45, 7) is 5.11. The smallest absolute Gasteiger partial charge is 0.0966 e. The van der Waals surface area contributed by atoms with Gasteiger partial charge in [-0.2, -0.15) is 0 Å². The van der Waals surface area contributed by atoms with Crippen molar-refractivity contribution in [3.05, 3.63) is 22.3 Å². The number of ether oxygens (including phenoxy) is 1. The predicted molar refractivity (Wildman–Crippen MR) is 66.4 cm³/mol. The highest BCUT2D eigenvalue weighted by Gasteiger charge is 2.25. The zero-order chi connectivity index (χ0) is 10.8. The molecule has 1 saturated heterocycles. The molecule has 0 aromatic carbocycles. The second-order valence-electron chi connectivity index (χ2n) is 3.79. The number of hydrogen-bond donors (Lipinski definition) is 0. The topological polar surface area (TPSA) is 22.1 Å². The van der Waals surface area contributed by atoms with Crippen LogP contribution >= 0.6 is 27.7 Å². The van der Waals surface area contributed by atoms with Crippen LogP contribution in [-0.2, 0) is 4.74 Å². The Hall–Kier alpha value is -0.0600. The van der Waals surface area contributed by atoms with Gasteiger partial charge < -0.3 is 4.74 Å². The number of halogens is 1. The Labute approximate surface area is 103 Å². The van der Waals surface area contributed by atoms with Gasteiger partial charge in [0.2, 0.25) is 0 Å². The average molecular weight is 288 g/mol. The molecule has 0 spiro atoms. The summed E-state index contributed by atoms with van der Waals surface area (Å²) in [6.07, 6.45) is 3.35. The Morgan fingerprint density at radius 2 is 2.40 bits per heavy atom. The number of thioether (sulfide) groups is 1. The van der Waals surface area contributed by atoms with Crippen molar-refractivity contribution in [2.45, 2.75) is 36.6 Å². The maximum atomic E-state index is 5.53. The lowest BCUT2D eigenvalue weighted by atomic mass is 10.3. The maximum Gasteiger partial charge on any atom is 0.0966 e. The van der Waals surface area contributed by atoms with Crippen LogP contribution in [0.1, 0.15) is 18.9 Å². The van der Waals surface area contributed by atoms with Gasteiger partial charge in [0.05, 0.1) is 11.1 Å². The van der Waals surface area contributed by atoms with Crippen molar-refractivity contribution >= 4 is 27.7 Å². The summed E-state index contributed by atoms with van der Waals surface area (Å²) < 4.78 is 6.61. The first kappa shape index (κ1) is 11.4. The zero-order valence-electron chi connectivity index (χ0n) is 8.87. The van der Waals surface area contributed by atoms with Crippen LogP contribution in [0.4, 0.5) is 0 Å². The monoisotopic (exact) mass is 287 g/mol. The molecule has 2 nitrogen and oxygen atoms in total. The number of nitrogens with zero attached hydrogens (tertiary/aromatic N) is 1. The van der Waals surface area contributed by atoms with Crippen molar-refractivity contribution in [2.24, 2.45) is 0 Å². The molecule has 0 radical (unpaired) electrons. The minimum atomic E-state index is 0.348. The molecule has 1 aliphatic rings. The lowest BCUT2D eigenvalue weighted by molar-refractivity contribution is 0.127. The van der Waals surface area contributed by atoms with E-state index in [0.717, 1.165) is 22.5 Å². The van der Waals surface area contributed by atoms with Crippen molar-refractivity contribution in [3.63, 3.8) is 0 Å². The zero-order valence-corrected chi connectivity index (χ0v) is 11.3. The van der Waals surface area contributed by atoms with E-state index in [9.17, 15) is 0 Å². The van der Waals surface area contributed by atoms with Crippen molar-refractivity contribution in [2.75, 3.05) is 6.61 Å². The average Bonchev–Trinajstić information content (AvgIpc) is 2.59. The fourth-order valence-corrected chi connectivity index (χ4v) is 2.97. The van der Waals surface area contributed by atoms with Crippen molar-refractivity contribution in [1.82, 2.24) is 4.98 Å². The summed E-state index contributed by atoms with van der Waals surface area (Å²) in [6, 6.07) is 2.12. The molecule has 0 amide bonds. The van der Waals surface area contributed by atoms with E-state index >= 15 is 0 Å². The van der Waals surface area contributed by atoms with Gasteiger partial charge in [0.25, 0.3) is 0 Å². The van der Waals surface area contributed by atoms with Gasteiger partial charge in [0.1, 0.15) is 0 Å². The highest BCUT2D eigenvalue weighted by molar-refractivity contribution is 9.10. The maximum absolute atomic E-state index is 5.53. The summed E-state index contributed by atoms with van der Waals surface area (Å²) in [5.74, 6) is 0. The standard InChI is InChI=1S/C11H14BrNOS/c1-7-5-11(13-6-9(7)12)15-10-3-4-14-8(10)2/h5-6,8,10H,3-4H2,1-2H3. The molecule has 15 heavy (non-hydrogen) atoms. The second-order valence-corrected chi connectivity index (χ2v) is 5.91. The van der Waals surface area contributed by atoms with Crippen LogP contribution in [0, 0.1) is 6.92 Å². The van der Waals surface area contributed by atoms with E-state index in [-0.39, 0.29) is 0 Å². The van der Waals surface area contributed by atoms with Crippen LogP contribution in [0.2, 0.25) is 0 Å². The number of aryl methyl sites for hydroxylation is 1. The molecule has 2 rings (SSSR count). The van der Waals surface area contributed by atoms with Crippen molar-refractivity contribution in [1.29, 1.82) is 0 Å². The SMILES string of the molecule is Cc1cc(SC2CCOC2C)ncc1Br. The van der Waals surface area contributed by atoms with E-state index in [2.05, 4.69) is 40.8 Å². The number of aromatic nitrogens is 1. The highest BCUT2D eigenvalue weighted by Crippen LogP contribution is 2.32. The second kappa shape index (κ2) is 4.85. The van der Waals surface area contributed by atoms with Gasteiger partial charge >= 0.3 is 0 Å². The molecule has 2 unspecified atom stereocenters. The summed E-state index contributed by atoms with van der Waals surface area (Å²) in [5.41, 5.74) is 1.24. The normalized spacial score (nSPS) is 25.8. The molecule has 1 aliphatic heterocycles. The van der Waals surface area contributed by atoms with Gasteiger partial charge in [-0.15, -0.1) is 11.8 Å². The lowest BCUT2D eigenvalue weighted by Gasteiger charge is -2.13. The largest absolute Gasteiger partial charge is 0.377 e. The molecule has 0 N–H and O–H groups in total. The molecule has 2 heterocycles. The Morgan fingerprint density at radius 3 is 3.00 bits per heavy atom. The summed E-state index contributed by atoms with van der Waals surface area (Å²) in [5, 5.41) is 1.65. The van der Waals surface area contributed by atoms with E-state index in [0.29, 0.717) is 11.4 Å². The van der Waals surface area contributed by atoms with Crippen molar-refractivity contribution in [3.8, 4) is 0 Å². The summed E-state index contributed by atoms with van der Waals surface area (Å²) >= 11 is 5.28. The van der Waals surface area contributed by atoms with Gasteiger partial charge in [0.15, 0.2) is 0 Å². The lowest BCUT2D eigenvalue weighted by Crippen LogP contribution is -2.13. The van der Waals surface area contributed by atoms with E-state index in [1.54, 1.807) is 0 Å². The van der Waals surface area contributed by atoms with Crippen molar-refractivity contribution < 1.29 is 4.74 Å². The fourth-order valence-electron chi connectivity index (χ4n) is 1.60. The molecule has 82 valence electrons. The van der Waals surface area contributed by atoms with Crippen LogP contribution in [0.25, 0.3) is 0 Å². The van der Waals surface area contributed by atoms with Gasteiger partial charge in [-0.3, -0.25) is 0 Å². The molecule has 0 saturated carbocycles. The van der Waals surface area contributed by atoms with E-state index in [1.807, 2.05) is 18.0 Å². The third-order valence-corrected chi connectivity index (χ3v) is 4.82. The number of pyridine rings is 1.